The lowest BCUT2D eigenvalue weighted by molar-refractivity contribution is -0.138. The molecule has 0 aromatic rings. The third-order valence-corrected chi connectivity index (χ3v) is 4.54. The lowest BCUT2D eigenvalue weighted by Gasteiger charge is -2.33. The summed E-state index contributed by atoms with van der Waals surface area (Å²) >= 11 is 0. The van der Waals surface area contributed by atoms with E-state index in [0.29, 0.717) is 13.1 Å². The van der Waals surface area contributed by atoms with E-state index < -0.39 is 11.5 Å². The molecule has 0 aromatic heterocycles. The van der Waals surface area contributed by atoms with E-state index >= 15 is 0 Å². The molecule has 6 heteroatoms. The molecule has 1 saturated carbocycles. The molecule has 1 saturated heterocycles. The first-order valence-corrected chi connectivity index (χ1v) is 7.95. The second kappa shape index (κ2) is 7.11. The van der Waals surface area contributed by atoms with Crippen molar-refractivity contribution in [2.75, 3.05) is 19.7 Å². The number of carbonyl (C=O) groups excluding carboxylic acids is 1. The van der Waals surface area contributed by atoms with Crippen LogP contribution < -0.4 is 5.32 Å². The summed E-state index contributed by atoms with van der Waals surface area (Å²) in [4.78, 5) is 25.3. The van der Waals surface area contributed by atoms with Crippen molar-refractivity contribution in [2.24, 2.45) is 0 Å². The van der Waals surface area contributed by atoms with Crippen molar-refractivity contribution < 1.29 is 19.4 Å². The number of urea groups is 1. The fraction of sp³-hybridized carbons (Fsp3) is 0.867. The van der Waals surface area contributed by atoms with Gasteiger partial charge in [-0.2, -0.15) is 0 Å². The van der Waals surface area contributed by atoms with Gasteiger partial charge >= 0.3 is 12.0 Å². The number of aliphatic carboxylic acids is 1. The smallest absolute Gasteiger partial charge is 0.317 e. The number of nitrogens with zero attached hydrogens (tertiary/aromatic N) is 1. The van der Waals surface area contributed by atoms with Crippen molar-refractivity contribution in [1.29, 1.82) is 0 Å². The molecule has 0 spiro atoms. The minimum Gasteiger partial charge on any atom is -0.481 e. The summed E-state index contributed by atoms with van der Waals surface area (Å²) in [5.41, 5.74) is -0.563. The number of carboxylic acid groups (broad SMARTS) is 1. The topological polar surface area (TPSA) is 78.9 Å². The number of rotatable bonds is 6. The van der Waals surface area contributed by atoms with Gasteiger partial charge in [-0.15, -0.1) is 0 Å². The first-order valence-electron chi connectivity index (χ1n) is 7.95. The van der Waals surface area contributed by atoms with E-state index in [9.17, 15) is 9.59 Å². The Morgan fingerprint density at radius 1 is 1.33 bits per heavy atom. The third kappa shape index (κ3) is 4.33. The van der Waals surface area contributed by atoms with E-state index in [1.165, 1.54) is 0 Å². The van der Waals surface area contributed by atoms with Gasteiger partial charge < -0.3 is 20.1 Å². The van der Waals surface area contributed by atoms with Crippen molar-refractivity contribution in [3.05, 3.63) is 0 Å². The monoisotopic (exact) mass is 298 g/mol. The molecule has 2 aliphatic rings. The number of hydrogen-bond acceptors (Lipinski definition) is 3. The van der Waals surface area contributed by atoms with Gasteiger partial charge in [0.1, 0.15) is 0 Å². The normalized spacial score (nSPS) is 24.0. The standard InChI is InChI=1S/C15H26N2O4/c1-2-17(11-12-6-5-9-21-12)14(20)16-15(10-13(18)19)7-3-4-8-15/h12H,2-11H2,1H3,(H,16,20)(H,18,19). The Bertz CT molecular complexity index is 374. The molecule has 1 heterocycles. The maximum atomic E-state index is 12.5. The van der Waals surface area contributed by atoms with Crippen LogP contribution in [0.25, 0.3) is 0 Å². The number of ether oxygens (including phenoxy) is 1. The minimum atomic E-state index is -0.848. The van der Waals surface area contributed by atoms with Gasteiger partial charge in [-0.1, -0.05) is 12.8 Å². The van der Waals surface area contributed by atoms with Gasteiger partial charge in [-0.3, -0.25) is 4.79 Å². The number of hydrogen-bond donors (Lipinski definition) is 2. The molecule has 0 bridgehead atoms. The summed E-state index contributed by atoms with van der Waals surface area (Å²) in [5, 5.41) is 12.1. The summed E-state index contributed by atoms with van der Waals surface area (Å²) in [6.07, 6.45) is 5.63. The van der Waals surface area contributed by atoms with Gasteiger partial charge in [0.2, 0.25) is 0 Å². The lowest BCUT2D eigenvalue weighted by atomic mass is 9.93. The zero-order valence-electron chi connectivity index (χ0n) is 12.8. The van der Waals surface area contributed by atoms with Gasteiger partial charge in [0.25, 0.3) is 0 Å². The molecule has 0 aromatic carbocycles. The van der Waals surface area contributed by atoms with E-state index in [1.807, 2.05) is 6.92 Å². The van der Waals surface area contributed by atoms with Gasteiger partial charge in [-0.05, 0) is 32.6 Å². The Morgan fingerprint density at radius 3 is 2.57 bits per heavy atom. The van der Waals surface area contributed by atoms with Crippen molar-refractivity contribution in [3.8, 4) is 0 Å². The molecule has 1 unspecified atom stereocenters. The molecule has 0 radical (unpaired) electrons. The average Bonchev–Trinajstić information content (AvgIpc) is 3.07. The number of carbonyl (C=O) groups is 2. The summed E-state index contributed by atoms with van der Waals surface area (Å²) in [5.74, 6) is -0.848. The Labute approximate surface area is 125 Å². The molecular formula is C15H26N2O4. The van der Waals surface area contributed by atoms with E-state index in [0.717, 1.165) is 45.1 Å². The SMILES string of the molecule is CCN(CC1CCCO1)C(=O)NC1(CC(=O)O)CCCC1. The molecule has 6 nitrogen and oxygen atoms in total. The van der Waals surface area contributed by atoms with Crippen LogP contribution >= 0.6 is 0 Å². The van der Waals surface area contributed by atoms with Crippen LogP contribution in [0.15, 0.2) is 0 Å². The van der Waals surface area contributed by atoms with E-state index in [1.54, 1.807) is 4.90 Å². The highest BCUT2D eigenvalue weighted by Gasteiger charge is 2.38. The second-order valence-corrected chi connectivity index (χ2v) is 6.16. The molecule has 1 atom stereocenters. The molecular weight excluding hydrogens is 272 g/mol. The van der Waals surface area contributed by atoms with Gasteiger partial charge in [0.05, 0.1) is 18.1 Å². The van der Waals surface area contributed by atoms with Crippen LogP contribution in [0.1, 0.15) is 51.9 Å². The molecule has 2 N–H and O–H groups in total. The van der Waals surface area contributed by atoms with Crippen LogP contribution in [-0.4, -0.2) is 53.3 Å². The number of likely N-dealkylation sites (N-methyl/N-ethyl adjacent to an activating group) is 1. The summed E-state index contributed by atoms with van der Waals surface area (Å²) in [6, 6.07) is -0.156. The Morgan fingerprint density at radius 2 is 2.05 bits per heavy atom. The predicted octanol–water partition coefficient (Wildman–Crippen LogP) is 1.98. The van der Waals surface area contributed by atoms with Crippen molar-refractivity contribution in [2.45, 2.75) is 63.5 Å². The van der Waals surface area contributed by atoms with Crippen LogP contribution in [0.5, 0.6) is 0 Å². The first kappa shape index (κ1) is 16.1. The highest BCUT2D eigenvalue weighted by atomic mass is 16.5. The van der Waals surface area contributed by atoms with Crippen LogP contribution in [0.4, 0.5) is 4.79 Å². The summed E-state index contributed by atoms with van der Waals surface area (Å²) < 4.78 is 5.58. The molecule has 1 aliphatic heterocycles. The molecule has 120 valence electrons. The largest absolute Gasteiger partial charge is 0.481 e. The lowest BCUT2D eigenvalue weighted by Crippen LogP contribution is -2.54. The average molecular weight is 298 g/mol. The fourth-order valence-corrected chi connectivity index (χ4v) is 3.38. The maximum Gasteiger partial charge on any atom is 0.317 e. The number of amides is 2. The highest BCUT2D eigenvalue weighted by Crippen LogP contribution is 2.32. The number of carboxylic acids is 1. The van der Waals surface area contributed by atoms with Crippen LogP contribution in [-0.2, 0) is 9.53 Å². The van der Waals surface area contributed by atoms with Crippen LogP contribution in [0.2, 0.25) is 0 Å². The maximum absolute atomic E-state index is 12.5. The quantitative estimate of drug-likeness (QED) is 0.786. The van der Waals surface area contributed by atoms with Gasteiger partial charge in [0.15, 0.2) is 0 Å². The molecule has 21 heavy (non-hydrogen) atoms. The summed E-state index contributed by atoms with van der Waals surface area (Å²) in [7, 11) is 0. The fourth-order valence-electron chi connectivity index (χ4n) is 3.38. The third-order valence-electron chi connectivity index (χ3n) is 4.54. The van der Waals surface area contributed by atoms with Crippen molar-refractivity contribution in [3.63, 3.8) is 0 Å². The molecule has 2 fully saturated rings. The van der Waals surface area contributed by atoms with Gasteiger partial charge in [-0.25, -0.2) is 4.79 Å². The van der Waals surface area contributed by atoms with Crippen molar-refractivity contribution in [1.82, 2.24) is 10.2 Å². The van der Waals surface area contributed by atoms with E-state index in [-0.39, 0.29) is 18.6 Å². The molecule has 2 rings (SSSR count). The Balaban J connectivity index is 1.94. The first-order chi connectivity index (χ1) is 10.0. The zero-order valence-corrected chi connectivity index (χ0v) is 12.8. The zero-order chi connectivity index (χ0) is 15.3. The highest BCUT2D eigenvalue weighted by molar-refractivity contribution is 5.77. The van der Waals surface area contributed by atoms with Crippen LogP contribution in [0.3, 0.4) is 0 Å². The van der Waals surface area contributed by atoms with E-state index in [2.05, 4.69) is 5.32 Å². The predicted molar refractivity (Wildman–Crippen MR) is 78.2 cm³/mol. The summed E-state index contributed by atoms with van der Waals surface area (Å²) in [6.45, 7) is 3.90. The van der Waals surface area contributed by atoms with Gasteiger partial charge in [0, 0.05) is 19.7 Å². The molecule has 1 aliphatic carbocycles. The molecule has 2 amide bonds. The van der Waals surface area contributed by atoms with Crippen molar-refractivity contribution >= 4 is 12.0 Å². The Kier molecular flexibility index (Phi) is 5.45. The Hall–Kier alpha value is -1.30. The second-order valence-electron chi connectivity index (χ2n) is 6.16. The minimum absolute atomic E-state index is 0.0101. The number of nitrogens with one attached hydrogen (secondary N) is 1. The van der Waals surface area contributed by atoms with E-state index in [4.69, 9.17) is 9.84 Å². The van der Waals surface area contributed by atoms with Crippen LogP contribution in [0, 0.1) is 0 Å².